The molecule has 1 N–H and O–H groups in total. The zero-order valence-electron chi connectivity index (χ0n) is 21.0. The lowest BCUT2D eigenvalue weighted by atomic mass is 9.78. The van der Waals surface area contributed by atoms with Crippen LogP contribution >= 0.6 is 11.6 Å². The van der Waals surface area contributed by atoms with Gasteiger partial charge in [-0.15, -0.1) is 0 Å². The number of sulfone groups is 1. The number of anilines is 1. The standard InChI is InChI=1S/C26H26ClF5N4O2S/c1-36(2)24-10-16(15-3-5-20(28)18(9-15)26(30,31)32)4-6-22(24)35-23-12-21(29)25(11-19(23)27)39(37,38)13-17-7-8-33-14-34-17/h3,5,7-9,11-12,14,16,22,24,35H,4,6,10,13H2,1-2H3/t16-,22-,24-/m0/s1. The van der Waals surface area contributed by atoms with Crippen LogP contribution in [-0.4, -0.2) is 49.5 Å². The first-order chi connectivity index (χ1) is 18.3. The molecule has 2 aromatic carbocycles. The first-order valence-corrected chi connectivity index (χ1v) is 14.1. The molecule has 1 aromatic heterocycles. The van der Waals surface area contributed by atoms with Gasteiger partial charge in [-0.3, -0.25) is 0 Å². The fraction of sp³-hybridized carbons (Fsp3) is 0.385. The van der Waals surface area contributed by atoms with Gasteiger partial charge in [-0.05, 0) is 75.2 Å². The number of hydrogen-bond acceptors (Lipinski definition) is 6. The molecule has 0 amide bonds. The van der Waals surface area contributed by atoms with E-state index in [4.69, 9.17) is 11.6 Å². The Balaban J connectivity index is 1.53. The fourth-order valence-electron chi connectivity index (χ4n) is 4.96. The van der Waals surface area contributed by atoms with Crippen molar-refractivity contribution in [3.8, 4) is 0 Å². The van der Waals surface area contributed by atoms with Crippen LogP contribution < -0.4 is 5.32 Å². The van der Waals surface area contributed by atoms with Crippen LogP contribution in [0, 0.1) is 11.6 Å². The van der Waals surface area contributed by atoms with E-state index in [0.717, 1.165) is 24.3 Å². The van der Waals surface area contributed by atoms with Crippen LogP contribution in [0.2, 0.25) is 5.02 Å². The first kappa shape index (κ1) is 29.2. The van der Waals surface area contributed by atoms with E-state index in [9.17, 15) is 26.0 Å². The number of nitrogens with zero attached hydrogens (tertiary/aromatic N) is 3. The molecule has 1 aliphatic rings. The van der Waals surface area contributed by atoms with E-state index in [1.165, 1.54) is 24.7 Å². The Morgan fingerprint density at radius 2 is 1.82 bits per heavy atom. The number of nitrogens with one attached hydrogen (secondary N) is 1. The summed E-state index contributed by atoms with van der Waals surface area (Å²) in [7, 11) is -0.452. The van der Waals surface area contributed by atoms with Crippen molar-refractivity contribution >= 4 is 27.1 Å². The maximum atomic E-state index is 15.0. The number of alkyl halides is 3. The molecule has 39 heavy (non-hydrogen) atoms. The van der Waals surface area contributed by atoms with E-state index in [2.05, 4.69) is 15.3 Å². The maximum absolute atomic E-state index is 15.0. The molecule has 3 atom stereocenters. The molecule has 3 aromatic rings. The van der Waals surface area contributed by atoms with Crippen LogP contribution in [0.4, 0.5) is 27.6 Å². The van der Waals surface area contributed by atoms with Crippen LogP contribution in [0.5, 0.6) is 0 Å². The third kappa shape index (κ3) is 6.67. The van der Waals surface area contributed by atoms with Crippen molar-refractivity contribution in [2.24, 2.45) is 0 Å². The van der Waals surface area contributed by atoms with E-state index in [1.807, 2.05) is 19.0 Å². The Labute approximate surface area is 228 Å². The molecule has 0 spiro atoms. The number of aromatic nitrogens is 2. The van der Waals surface area contributed by atoms with Gasteiger partial charge >= 0.3 is 6.18 Å². The molecule has 0 bridgehead atoms. The smallest absolute Gasteiger partial charge is 0.379 e. The summed E-state index contributed by atoms with van der Waals surface area (Å²) in [5.41, 5.74) is -0.488. The van der Waals surface area contributed by atoms with Gasteiger partial charge in [0, 0.05) is 18.3 Å². The topological polar surface area (TPSA) is 75.2 Å². The summed E-state index contributed by atoms with van der Waals surface area (Å²) >= 11 is 6.38. The Hall–Kier alpha value is -2.83. The van der Waals surface area contributed by atoms with Gasteiger partial charge in [-0.2, -0.15) is 13.2 Å². The Morgan fingerprint density at radius 3 is 2.46 bits per heavy atom. The molecule has 210 valence electrons. The second kappa shape index (κ2) is 11.3. The summed E-state index contributed by atoms with van der Waals surface area (Å²) in [4.78, 5) is 8.96. The van der Waals surface area contributed by atoms with E-state index >= 15 is 4.39 Å². The molecule has 1 fully saturated rings. The van der Waals surface area contributed by atoms with E-state index in [1.54, 1.807) is 0 Å². The highest BCUT2D eigenvalue weighted by molar-refractivity contribution is 7.90. The lowest BCUT2D eigenvalue weighted by molar-refractivity contribution is -0.140. The van der Waals surface area contributed by atoms with Crippen molar-refractivity contribution < 1.29 is 30.4 Å². The minimum atomic E-state index is -4.80. The molecule has 13 heteroatoms. The maximum Gasteiger partial charge on any atom is 0.419 e. The minimum Gasteiger partial charge on any atom is -0.379 e. The Kier molecular flexibility index (Phi) is 8.48. The van der Waals surface area contributed by atoms with Crippen molar-refractivity contribution in [3.05, 3.63) is 82.4 Å². The average Bonchev–Trinajstić information content (AvgIpc) is 2.86. The van der Waals surface area contributed by atoms with Crippen molar-refractivity contribution in [3.63, 3.8) is 0 Å². The summed E-state index contributed by atoms with van der Waals surface area (Å²) in [5, 5.41) is 3.20. The zero-order chi connectivity index (χ0) is 28.5. The Bertz CT molecular complexity index is 1440. The number of benzene rings is 2. The van der Waals surface area contributed by atoms with Gasteiger partial charge in [-0.25, -0.2) is 27.2 Å². The quantitative estimate of drug-likeness (QED) is 0.337. The summed E-state index contributed by atoms with van der Waals surface area (Å²) in [6.45, 7) is 0. The molecule has 0 saturated heterocycles. The lowest BCUT2D eigenvalue weighted by Crippen LogP contribution is -2.47. The van der Waals surface area contributed by atoms with Crippen LogP contribution in [0.3, 0.4) is 0 Å². The third-order valence-electron chi connectivity index (χ3n) is 6.93. The molecule has 4 rings (SSSR count). The normalized spacial score (nSPS) is 20.3. The highest BCUT2D eigenvalue weighted by Gasteiger charge is 2.37. The largest absolute Gasteiger partial charge is 0.419 e. The molecular weight excluding hydrogens is 563 g/mol. The summed E-state index contributed by atoms with van der Waals surface area (Å²) in [5.74, 6) is -3.07. The number of rotatable bonds is 7. The Morgan fingerprint density at radius 1 is 1.08 bits per heavy atom. The molecule has 0 aliphatic heterocycles. The summed E-state index contributed by atoms with van der Waals surface area (Å²) in [6, 6.07) is 6.14. The predicted molar refractivity (Wildman–Crippen MR) is 137 cm³/mol. The summed E-state index contributed by atoms with van der Waals surface area (Å²) in [6.07, 6.45) is -0.764. The first-order valence-electron chi connectivity index (χ1n) is 12.0. The molecule has 0 unspecified atom stereocenters. The number of halogens is 6. The van der Waals surface area contributed by atoms with Gasteiger partial charge in [0.25, 0.3) is 0 Å². The third-order valence-corrected chi connectivity index (χ3v) is 8.90. The van der Waals surface area contributed by atoms with Gasteiger partial charge < -0.3 is 10.2 Å². The second-order valence-corrected chi connectivity index (χ2v) is 12.1. The van der Waals surface area contributed by atoms with Crippen LogP contribution in [0.25, 0.3) is 0 Å². The SMILES string of the molecule is CN(C)[C@H]1C[C@@H](c2ccc(F)c(C(F)(F)F)c2)CC[C@@H]1Nc1cc(F)c(S(=O)(=O)Cc2ccncn2)cc1Cl. The number of hydrogen-bond donors (Lipinski definition) is 1. The van der Waals surface area contributed by atoms with Gasteiger partial charge in [0.1, 0.15) is 22.9 Å². The van der Waals surface area contributed by atoms with Gasteiger partial charge in [0.2, 0.25) is 0 Å². The van der Waals surface area contributed by atoms with Gasteiger partial charge in [-0.1, -0.05) is 17.7 Å². The molecule has 6 nitrogen and oxygen atoms in total. The predicted octanol–water partition coefficient (Wildman–Crippen LogP) is 6.08. The van der Waals surface area contributed by atoms with Gasteiger partial charge in [0.15, 0.2) is 9.84 Å². The highest BCUT2D eigenvalue weighted by atomic mass is 35.5. The average molecular weight is 589 g/mol. The van der Waals surface area contributed by atoms with Crippen molar-refractivity contribution in [1.29, 1.82) is 0 Å². The van der Waals surface area contributed by atoms with E-state index in [-0.39, 0.29) is 34.4 Å². The molecule has 1 saturated carbocycles. The van der Waals surface area contributed by atoms with Crippen molar-refractivity contribution in [1.82, 2.24) is 14.9 Å². The van der Waals surface area contributed by atoms with Gasteiger partial charge in [0.05, 0.1) is 27.7 Å². The monoisotopic (exact) mass is 588 g/mol. The molecule has 1 aliphatic carbocycles. The minimum absolute atomic E-state index is 0.00523. The lowest BCUT2D eigenvalue weighted by Gasteiger charge is -2.41. The van der Waals surface area contributed by atoms with Crippen molar-refractivity contribution in [2.45, 2.75) is 54.1 Å². The number of likely N-dealkylation sites (N-methyl/N-ethyl adjacent to an activating group) is 1. The fourth-order valence-corrected chi connectivity index (χ4v) is 6.61. The highest BCUT2D eigenvalue weighted by Crippen LogP contribution is 2.40. The van der Waals surface area contributed by atoms with Crippen LogP contribution in [0.1, 0.15) is 42.0 Å². The van der Waals surface area contributed by atoms with E-state index in [0.29, 0.717) is 24.8 Å². The van der Waals surface area contributed by atoms with Crippen LogP contribution in [0.15, 0.2) is 53.8 Å². The molecule has 1 heterocycles. The second-order valence-electron chi connectivity index (χ2n) is 9.75. The molecule has 0 radical (unpaired) electrons. The zero-order valence-corrected chi connectivity index (χ0v) is 22.6. The molecular formula is C26H26ClF5N4O2S. The summed E-state index contributed by atoms with van der Waals surface area (Å²) < 4.78 is 94.2. The van der Waals surface area contributed by atoms with E-state index < -0.39 is 43.9 Å². The van der Waals surface area contributed by atoms with Crippen LogP contribution in [-0.2, 0) is 21.8 Å². The van der Waals surface area contributed by atoms with Crippen molar-refractivity contribution in [2.75, 3.05) is 19.4 Å².